The van der Waals surface area contributed by atoms with Crippen molar-refractivity contribution in [3.05, 3.63) is 41.6 Å². The molecule has 0 amide bonds. The number of carboxylic acids is 1. The highest BCUT2D eigenvalue weighted by Crippen LogP contribution is 2.18. The minimum atomic E-state index is -0.949. The number of nitrogens with two attached hydrogens (primary N) is 2. The summed E-state index contributed by atoms with van der Waals surface area (Å²) in [6, 6.07) is 6.57. The molecular weight excluding hydrogens is 338 g/mol. The third-order valence-corrected chi connectivity index (χ3v) is 2.88. The highest BCUT2D eigenvalue weighted by molar-refractivity contribution is 8.93. The van der Waals surface area contributed by atoms with Gasteiger partial charge in [-0.3, -0.25) is 0 Å². The van der Waals surface area contributed by atoms with Crippen LogP contribution >= 0.6 is 17.0 Å². The van der Waals surface area contributed by atoms with Crippen molar-refractivity contribution in [3.8, 4) is 0 Å². The topological polar surface area (TPSA) is 118 Å². The zero-order valence-electron chi connectivity index (χ0n) is 11.4. The van der Waals surface area contributed by atoms with Crippen LogP contribution in [0.3, 0.4) is 0 Å². The Kier molecular flexibility index (Phi) is 5.48. The largest absolute Gasteiger partial charge is 0.478 e. The zero-order valence-corrected chi connectivity index (χ0v) is 13.1. The molecule has 0 unspecified atom stereocenters. The first-order chi connectivity index (χ1) is 9.47. The first-order valence-corrected chi connectivity index (χ1v) is 5.88. The molecule has 0 bridgehead atoms. The third kappa shape index (κ3) is 4.06. The van der Waals surface area contributed by atoms with Crippen molar-refractivity contribution in [2.24, 2.45) is 0 Å². The van der Waals surface area contributed by atoms with E-state index in [1.807, 2.05) is 11.9 Å². The molecule has 21 heavy (non-hydrogen) atoms. The molecule has 1 aromatic carbocycles. The lowest BCUT2D eigenvalue weighted by Gasteiger charge is -2.20. The summed E-state index contributed by atoms with van der Waals surface area (Å²) >= 11 is 0. The van der Waals surface area contributed by atoms with Gasteiger partial charge in [0.05, 0.1) is 5.56 Å². The molecular formula is C13H16BrN5O2. The number of hydrogen-bond acceptors (Lipinski definition) is 6. The van der Waals surface area contributed by atoms with Crippen molar-refractivity contribution < 1.29 is 9.90 Å². The smallest absolute Gasteiger partial charge is 0.335 e. The van der Waals surface area contributed by atoms with E-state index < -0.39 is 5.97 Å². The molecule has 2 aromatic rings. The van der Waals surface area contributed by atoms with Crippen LogP contribution in [-0.2, 0) is 6.54 Å². The van der Waals surface area contributed by atoms with Crippen molar-refractivity contribution >= 4 is 40.4 Å². The molecule has 1 aromatic heterocycles. The number of benzene rings is 1. The number of rotatable bonds is 4. The molecule has 0 aliphatic carbocycles. The van der Waals surface area contributed by atoms with E-state index in [1.54, 1.807) is 30.5 Å². The van der Waals surface area contributed by atoms with Gasteiger partial charge in [0, 0.05) is 31.0 Å². The molecule has 0 saturated carbocycles. The van der Waals surface area contributed by atoms with Crippen LogP contribution in [0.4, 0.5) is 17.5 Å². The van der Waals surface area contributed by atoms with Crippen molar-refractivity contribution in [3.63, 3.8) is 0 Å². The number of hydrogen-bond donors (Lipinski definition) is 3. The Balaban J connectivity index is 0.00000220. The molecule has 5 N–H and O–H groups in total. The van der Waals surface area contributed by atoms with Crippen molar-refractivity contribution in [1.82, 2.24) is 9.97 Å². The Bertz CT molecular complexity index is 633. The van der Waals surface area contributed by atoms with Gasteiger partial charge in [-0.15, -0.1) is 17.0 Å². The number of nitrogen functional groups attached to an aromatic ring is 2. The second-order valence-corrected chi connectivity index (χ2v) is 4.35. The van der Waals surface area contributed by atoms with Gasteiger partial charge in [-0.2, -0.15) is 4.98 Å². The summed E-state index contributed by atoms with van der Waals surface area (Å²) in [7, 11) is 1.87. The summed E-state index contributed by atoms with van der Waals surface area (Å²) in [6.45, 7) is 0.499. The second kappa shape index (κ2) is 6.89. The maximum atomic E-state index is 10.8. The van der Waals surface area contributed by atoms with Crippen LogP contribution in [0, 0.1) is 0 Å². The Hall–Kier alpha value is -2.35. The second-order valence-electron chi connectivity index (χ2n) is 4.35. The zero-order chi connectivity index (χ0) is 14.7. The van der Waals surface area contributed by atoms with Crippen LogP contribution in [0.2, 0.25) is 0 Å². The molecule has 0 fully saturated rings. The summed E-state index contributed by atoms with van der Waals surface area (Å²) < 4.78 is 0. The number of carbonyl (C=O) groups is 1. The summed E-state index contributed by atoms with van der Waals surface area (Å²) in [4.78, 5) is 20.5. The normalized spacial score (nSPS) is 9.76. The molecule has 2 rings (SSSR count). The van der Waals surface area contributed by atoms with Gasteiger partial charge in [-0.05, 0) is 24.3 Å². The van der Waals surface area contributed by atoms with Gasteiger partial charge in [0.2, 0.25) is 5.95 Å². The maximum absolute atomic E-state index is 10.8. The van der Waals surface area contributed by atoms with E-state index >= 15 is 0 Å². The monoisotopic (exact) mass is 353 g/mol. The van der Waals surface area contributed by atoms with Gasteiger partial charge in [0.1, 0.15) is 5.82 Å². The molecule has 0 atom stereocenters. The number of anilines is 3. The van der Waals surface area contributed by atoms with E-state index in [0.717, 1.165) is 11.3 Å². The Morgan fingerprint density at radius 2 is 1.90 bits per heavy atom. The fourth-order valence-corrected chi connectivity index (χ4v) is 1.76. The predicted molar refractivity (Wildman–Crippen MR) is 86.7 cm³/mol. The minimum Gasteiger partial charge on any atom is -0.478 e. The Morgan fingerprint density at radius 3 is 2.43 bits per heavy atom. The third-order valence-electron chi connectivity index (χ3n) is 2.88. The summed E-state index contributed by atoms with van der Waals surface area (Å²) in [5.41, 5.74) is 13.1. The molecule has 7 nitrogen and oxygen atoms in total. The minimum absolute atomic E-state index is 0. The average molecular weight is 354 g/mol. The number of carboxylic acid groups (broad SMARTS) is 1. The van der Waals surface area contributed by atoms with Gasteiger partial charge in [0.15, 0.2) is 0 Å². The Morgan fingerprint density at radius 1 is 1.29 bits per heavy atom. The number of aromatic nitrogens is 2. The predicted octanol–water partition coefficient (Wildman–Crippen LogP) is 1.55. The summed E-state index contributed by atoms with van der Waals surface area (Å²) in [5.74, 6) is -0.471. The van der Waals surface area contributed by atoms with Gasteiger partial charge >= 0.3 is 5.97 Å². The van der Waals surface area contributed by atoms with Crippen LogP contribution in [0.1, 0.15) is 15.9 Å². The lowest BCUT2D eigenvalue weighted by atomic mass is 10.2. The van der Waals surface area contributed by atoms with E-state index in [4.69, 9.17) is 16.6 Å². The number of aromatic carboxylic acids is 1. The van der Waals surface area contributed by atoms with E-state index in [-0.39, 0.29) is 28.5 Å². The fraction of sp³-hybridized carbons (Fsp3) is 0.154. The molecule has 1 heterocycles. The average Bonchev–Trinajstić information content (AvgIpc) is 2.42. The molecule has 0 spiro atoms. The lowest BCUT2D eigenvalue weighted by Crippen LogP contribution is -2.18. The molecule has 0 aliphatic rings. The van der Waals surface area contributed by atoms with E-state index in [2.05, 4.69) is 9.97 Å². The van der Waals surface area contributed by atoms with Crippen LogP contribution < -0.4 is 16.4 Å². The van der Waals surface area contributed by atoms with Crippen molar-refractivity contribution in [2.45, 2.75) is 6.54 Å². The SMILES string of the molecule is Br.CN(Cc1cnc(N)nc1N)c1ccc(C(=O)O)cc1. The fourth-order valence-electron chi connectivity index (χ4n) is 1.76. The highest BCUT2D eigenvalue weighted by Gasteiger charge is 2.08. The van der Waals surface area contributed by atoms with Crippen LogP contribution in [0.15, 0.2) is 30.5 Å². The van der Waals surface area contributed by atoms with Crippen molar-refractivity contribution in [2.75, 3.05) is 23.4 Å². The molecule has 8 heteroatoms. The number of nitrogens with zero attached hydrogens (tertiary/aromatic N) is 3. The maximum Gasteiger partial charge on any atom is 0.335 e. The summed E-state index contributed by atoms with van der Waals surface area (Å²) in [6.07, 6.45) is 1.58. The lowest BCUT2D eigenvalue weighted by molar-refractivity contribution is 0.0697. The highest BCUT2D eigenvalue weighted by atomic mass is 79.9. The molecule has 112 valence electrons. The van der Waals surface area contributed by atoms with Crippen LogP contribution in [0.25, 0.3) is 0 Å². The van der Waals surface area contributed by atoms with E-state index in [1.165, 1.54) is 0 Å². The first-order valence-electron chi connectivity index (χ1n) is 5.88. The Labute approximate surface area is 132 Å². The van der Waals surface area contributed by atoms with Gasteiger partial charge in [0.25, 0.3) is 0 Å². The van der Waals surface area contributed by atoms with E-state index in [0.29, 0.717) is 12.4 Å². The van der Waals surface area contributed by atoms with Crippen LogP contribution in [-0.4, -0.2) is 28.1 Å². The van der Waals surface area contributed by atoms with E-state index in [9.17, 15) is 4.79 Å². The van der Waals surface area contributed by atoms with Gasteiger partial charge < -0.3 is 21.5 Å². The molecule has 0 aliphatic heterocycles. The number of halogens is 1. The molecule has 0 saturated heterocycles. The quantitative estimate of drug-likeness (QED) is 0.762. The summed E-state index contributed by atoms with van der Waals surface area (Å²) in [5, 5.41) is 8.85. The molecule has 0 radical (unpaired) electrons. The van der Waals surface area contributed by atoms with Gasteiger partial charge in [-0.25, -0.2) is 9.78 Å². The van der Waals surface area contributed by atoms with Gasteiger partial charge in [-0.1, -0.05) is 0 Å². The first kappa shape index (κ1) is 16.7. The standard InChI is InChI=1S/C13H15N5O2.BrH/c1-18(7-9-6-16-13(15)17-11(9)14)10-4-2-8(3-5-10)12(19)20;/h2-6H,7H2,1H3,(H,19,20)(H4,14,15,16,17);1H. The van der Waals surface area contributed by atoms with Crippen molar-refractivity contribution in [1.29, 1.82) is 0 Å². The van der Waals surface area contributed by atoms with Crippen LogP contribution in [0.5, 0.6) is 0 Å².